The van der Waals surface area contributed by atoms with Crippen molar-refractivity contribution in [3.05, 3.63) is 121 Å². The number of aromatic amines is 3. The Balaban J connectivity index is 0.000000154. The number of nitrogens with one attached hydrogen (secondary N) is 8. The SMILES string of the molecule is CC(C)(C)OC(=O)N1CCCC(Nc2nc(C3CCN(S(C)(=O)=O)CC3)[nH]c(=O)c2-c2nc3ccccc3s2)C1.CC(C)(C)OC(=O)N1CCCC(Nc2nc(C3CCNCC3)[nH]c(=O)c2-c2nc3ccccc3s2)C1.CS(=O)(=O)Cl.CS(=O)(=O)N1CCC(c2nc(NC3CCCNC3)c(-c3nc4ccccc4s3)c(=O)[nH]2)CC1. The maximum absolute atomic E-state index is 13.6. The Kier molecular flexibility index (Phi) is 27.4. The molecule has 6 aliphatic heterocycles. The number of aromatic nitrogens is 9. The van der Waals surface area contributed by atoms with E-state index < -0.39 is 40.3 Å². The number of fused-ring (bicyclic) bond motifs is 3. The fraction of sp³-hybridized carbons (Fsp3) is 0.539. The molecule has 9 aromatic rings. The van der Waals surface area contributed by atoms with Gasteiger partial charge in [-0.25, -0.2) is 73.4 Å². The predicted octanol–water partition coefficient (Wildman–Crippen LogP) is 10.9. The number of sulfonamides is 2. The number of thiazole rings is 3. The molecule has 3 atom stereocenters. The van der Waals surface area contributed by atoms with Gasteiger partial charge >= 0.3 is 12.2 Å². The van der Waals surface area contributed by atoms with Gasteiger partial charge in [0.1, 0.15) is 77.8 Å². The third kappa shape index (κ3) is 23.0. The molecule has 38 heteroatoms. The molecule has 3 unspecified atom stereocenters. The van der Waals surface area contributed by atoms with Gasteiger partial charge < -0.3 is 60.8 Å². The lowest BCUT2D eigenvalue weighted by Gasteiger charge is -2.35. The van der Waals surface area contributed by atoms with Crippen molar-refractivity contribution in [2.24, 2.45) is 0 Å². The number of piperidine rings is 6. The van der Waals surface area contributed by atoms with Gasteiger partial charge in [-0.15, -0.1) is 34.0 Å². The molecule has 0 aliphatic carbocycles. The zero-order valence-electron chi connectivity index (χ0n) is 65.5. The van der Waals surface area contributed by atoms with Crippen molar-refractivity contribution in [3.8, 4) is 31.7 Å². The van der Waals surface area contributed by atoms with Gasteiger partial charge in [0.2, 0.25) is 29.1 Å². The van der Waals surface area contributed by atoms with Gasteiger partial charge in [-0.1, -0.05) is 36.4 Å². The van der Waals surface area contributed by atoms with Crippen molar-refractivity contribution < 1.29 is 44.3 Å². The van der Waals surface area contributed by atoms with E-state index in [4.69, 9.17) is 39.4 Å². The number of halogens is 1. The fourth-order valence-electron chi connectivity index (χ4n) is 14.6. The molecule has 31 nitrogen and oxygen atoms in total. The second-order valence-corrected chi connectivity index (χ2v) is 41.7. The maximum Gasteiger partial charge on any atom is 0.410 e. The standard InChI is InChI=1S/C27H36N6O5S2.C26H34N6O3S.C22H28N6O3S2.CH3ClO2S/c1-27(2,3)38-26(35)32-13-7-8-18(16-32)28-23-21(25-29-19-9-5-6-10-20(19)39-25)24(34)31-22(30-23)17-11-14-33(15-12-17)40(4,36)37;1-26(2,3)35-25(34)32-14-6-7-17(15-32)28-22-20(24-29-18-8-4-5-9-19(18)36-24)23(33)31-21(30-22)16-10-12-27-13-11-16;1-33(30,31)28-11-8-14(9-12-28)19-26-20(24-15-5-4-10-23-13-15)18(21(29)27-19)22-25-16-6-2-3-7-17(16)32-22;1-5(2,3)4/h5-6,9-10,17-18H,7-8,11-16H2,1-4H3,(H2,28,30,31,34);4-5,8-9,16-17,27H,6-7,10-15H2,1-3H3,(H2,28,30,31,33);2-3,6-7,14-15,23H,4-5,8-13H2,1H3,(H2,24,26,27,29);1H3. The van der Waals surface area contributed by atoms with Crippen LogP contribution < -0.4 is 43.3 Å². The Labute approximate surface area is 679 Å². The number of anilines is 3. The fourth-order valence-corrected chi connectivity index (χ4v) is 19.4. The summed E-state index contributed by atoms with van der Waals surface area (Å²) in [6.07, 6.45) is 12.3. The largest absolute Gasteiger partial charge is 0.444 e. The van der Waals surface area contributed by atoms with Crippen LogP contribution in [0.4, 0.5) is 27.0 Å². The molecule has 114 heavy (non-hydrogen) atoms. The molecule has 8 N–H and O–H groups in total. The number of carbonyl (C=O) groups excluding carboxylic acids is 2. The Hall–Kier alpha value is -8.11. The topological polar surface area (TPSA) is 404 Å². The second kappa shape index (κ2) is 36.6. The number of para-hydroxylation sites is 3. The Bertz CT molecular complexity index is 5340. The molecule has 0 saturated carbocycles. The number of ether oxygens (including phenoxy) is 2. The lowest BCUT2D eigenvalue weighted by Crippen LogP contribution is -2.47. The number of likely N-dealkylation sites (tertiary alicyclic amines) is 2. The highest BCUT2D eigenvalue weighted by molar-refractivity contribution is 8.13. The maximum atomic E-state index is 13.6. The zero-order valence-corrected chi connectivity index (χ0v) is 71.1. The van der Waals surface area contributed by atoms with E-state index in [2.05, 4.69) is 52.2 Å². The van der Waals surface area contributed by atoms with Crippen LogP contribution in [0.2, 0.25) is 0 Å². The van der Waals surface area contributed by atoms with Crippen LogP contribution in [0.15, 0.2) is 87.2 Å². The predicted molar refractivity (Wildman–Crippen MR) is 451 cm³/mol. The summed E-state index contributed by atoms with van der Waals surface area (Å²) in [6, 6.07) is 23.4. The minimum Gasteiger partial charge on any atom is -0.444 e. The molecule has 6 saturated heterocycles. The van der Waals surface area contributed by atoms with Gasteiger partial charge in [0.05, 0.1) is 49.4 Å². The van der Waals surface area contributed by atoms with E-state index in [1.165, 1.54) is 55.1 Å². The van der Waals surface area contributed by atoms with Crippen LogP contribution >= 0.6 is 44.7 Å². The van der Waals surface area contributed by atoms with Gasteiger partial charge in [-0.3, -0.25) is 14.4 Å². The number of carbonyl (C=O) groups is 2. The third-order valence-corrected chi connectivity index (χ3v) is 25.9. The lowest BCUT2D eigenvalue weighted by molar-refractivity contribution is 0.0196. The van der Waals surface area contributed by atoms with Gasteiger partial charge in [0.15, 0.2) is 0 Å². The third-order valence-electron chi connectivity index (χ3n) is 20.1. The van der Waals surface area contributed by atoms with Crippen molar-refractivity contribution in [1.82, 2.24) is 73.9 Å². The highest BCUT2D eigenvalue weighted by atomic mass is 35.7. The summed E-state index contributed by atoms with van der Waals surface area (Å²) in [5, 5.41) is 19.1. The van der Waals surface area contributed by atoms with Crippen molar-refractivity contribution in [1.29, 1.82) is 0 Å². The van der Waals surface area contributed by atoms with Gasteiger partial charge in [0, 0.05) is 105 Å². The lowest BCUT2D eigenvalue weighted by atomic mass is 9.97. The first-order valence-electron chi connectivity index (χ1n) is 38.5. The van der Waals surface area contributed by atoms with Crippen LogP contribution in [0.3, 0.4) is 0 Å². The number of benzene rings is 3. The average molecular weight is 1700 g/mol. The number of nitrogens with zero attached hydrogens (tertiary/aromatic N) is 10. The van der Waals surface area contributed by atoms with Crippen LogP contribution in [0, 0.1) is 0 Å². The quantitative estimate of drug-likeness (QED) is 0.0469. The van der Waals surface area contributed by atoms with E-state index in [9.17, 15) is 49.2 Å². The molecule has 12 heterocycles. The van der Waals surface area contributed by atoms with E-state index in [1.54, 1.807) is 9.80 Å². The number of H-pyrrole nitrogens is 3. The smallest absolute Gasteiger partial charge is 0.410 e. The Morgan fingerprint density at radius 3 is 1.09 bits per heavy atom. The molecule has 0 bridgehead atoms. The van der Waals surface area contributed by atoms with E-state index >= 15 is 0 Å². The van der Waals surface area contributed by atoms with Gasteiger partial charge in [-0.05, 0) is 175 Å². The Morgan fingerprint density at radius 1 is 0.447 bits per heavy atom. The van der Waals surface area contributed by atoms with E-state index in [-0.39, 0.29) is 64.7 Å². The number of hydrogen-bond acceptors (Lipinski definition) is 27. The summed E-state index contributed by atoms with van der Waals surface area (Å²) < 4.78 is 83.6. The summed E-state index contributed by atoms with van der Waals surface area (Å²) in [4.78, 5) is 107. The monoisotopic (exact) mass is 1700 g/mol. The summed E-state index contributed by atoms with van der Waals surface area (Å²) in [5.74, 6) is 3.52. The summed E-state index contributed by atoms with van der Waals surface area (Å²) >= 11 is 4.40. The molecule has 3 aromatic carbocycles. The molecule has 616 valence electrons. The van der Waals surface area contributed by atoms with Crippen molar-refractivity contribution in [2.75, 3.05) is 113 Å². The first-order valence-corrected chi connectivity index (χ1v) is 47.4. The van der Waals surface area contributed by atoms with Crippen LogP contribution in [0.25, 0.3) is 62.4 Å². The van der Waals surface area contributed by atoms with Crippen LogP contribution in [-0.2, 0) is 38.6 Å². The average Bonchev–Trinajstić information content (AvgIpc) is 1.59. The van der Waals surface area contributed by atoms with Crippen molar-refractivity contribution >= 4 is 134 Å². The van der Waals surface area contributed by atoms with E-state index in [0.717, 1.165) is 114 Å². The molecule has 6 aromatic heterocycles. The summed E-state index contributed by atoms with van der Waals surface area (Å²) in [7, 11) is -5.17. The minimum absolute atomic E-state index is 0.00477. The Morgan fingerprint density at radius 2 is 0.772 bits per heavy atom. The minimum atomic E-state index is -3.27. The van der Waals surface area contributed by atoms with Crippen molar-refractivity contribution in [2.45, 2.75) is 166 Å². The molecule has 15 rings (SSSR count). The molecule has 6 aliphatic rings. The molecular weight excluding hydrogens is 1600 g/mol. The van der Waals surface area contributed by atoms with Crippen LogP contribution in [-0.4, -0.2) is 227 Å². The van der Waals surface area contributed by atoms with Crippen LogP contribution in [0.5, 0.6) is 0 Å². The molecule has 0 radical (unpaired) electrons. The number of hydrogen-bond donors (Lipinski definition) is 8. The molecule has 0 spiro atoms. The van der Waals surface area contributed by atoms with E-state index in [1.807, 2.05) is 114 Å². The molecular formula is C76H101ClN18O13S6. The number of amides is 2. The number of rotatable bonds is 14. The summed E-state index contributed by atoms with van der Waals surface area (Å²) in [6.45, 7) is 18.6. The van der Waals surface area contributed by atoms with Gasteiger partial charge in [0.25, 0.3) is 16.7 Å². The highest BCUT2D eigenvalue weighted by Crippen LogP contribution is 2.39. The van der Waals surface area contributed by atoms with Gasteiger partial charge in [-0.2, -0.15) is 0 Å². The normalized spacial score (nSPS) is 19.5. The van der Waals surface area contributed by atoms with Crippen LogP contribution in [0.1, 0.15) is 154 Å². The van der Waals surface area contributed by atoms with Crippen molar-refractivity contribution in [3.63, 3.8) is 0 Å². The molecule has 2 amide bonds. The summed E-state index contributed by atoms with van der Waals surface area (Å²) in [5.41, 5.74) is 2.00. The molecule has 6 fully saturated rings. The van der Waals surface area contributed by atoms with E-state index in [0.29, 0.717) is 145 Å². The first-order chi connectivity index (χ1) is 54.0. The highest BCUT2D eigenvalue weighted by Gasteiger charge is 2.36. The first kappa shape index (κ1) is 85.3. The zero-order chi connectivity index (χ0) is 81.4. The second-order valence-electron chi connectivity index (χ2n) is 31.6.